The summed E-state index contributed by atoms with van der Waals surface area (Å²) in [7, 11) is 0. The molecule has 0 unspecified atom stereocenters. The predicted octanol–water partition coefficient (Wildman–Crippen LogP) is 7.03. The summed E-state index contributed by atoms with van der Waals surface area (Å²) in [6.45, 7) is 10.1. The molecule has 204 valence electrons. The van der Waals surface area contributed by atoms with Crippen molar-refractivity contribution in [2.75, 3.05) is 4.90 Å². The zero-order chi connectivity index (χ0) is 28.9. The highest BCUT2D eigenvalue weighted by Crippen LogP contribution is 2.39. The number of para-hydroxylation sites is 1. The molecule has 39 heavy (non-hydrogen) atoms. The maximum atomic E-state index is 13.6. The van der Waals surface area contributed by atoms with E-state index in [1.807, 2.05) is 0 Å². The Balaban J connectivity index is 2.01. The zero-order valence-electron chi connectivity index (χ0n) is 22.4. The first-order chi connectivity index (χ1) is 18.1. The van der Waals surface area contributed by atoms with Gasteiger partial charge in [0.1, 0.15) is 16.9 Å². The van der Waals surface area contributed by atoms with Crippen molar-refractivity contribution in [3.63, 3.8) is 0 Å². The van der Waals surface area contributed by atoms with Gasteiger partial charge in [-0.05, 0) is 71.9 Å². The van der Waals surface area contributed by atoms with Crippen LogP contribution in [0.25, 0.3) is 17.0 Å². The molecule has 2 heterocycles. The Morgan fingerprint density at radius 1 is 0.923 bits per heavy atom. The topological polar surface area (TPSA) is 94.9 Å². The molecule has 1 saturated heterocycles. The van der Waals surface area contributed by atoms with Gasteiger partial charge in [-0.25, -0.2) is 19.1 Å². The standard InChI is InChI=1S/C29H28Cl2N2O6/c1-28(2,3)38-26(36)24-19(12-16-13-22(34)32(25(16)35)18-10-8-7-9-11-18)23-20(31)14-17(30)15-21(23)33(24)27(37)39-29(4,5)6/h7-12,14-15H,13H2,1-6H3. The number of aromatic nitrogens is 1. The lowest BCUT2D eigenvalue weighted by Crippen LogP contribution is -2.31. The number of carbonyl (C=O) groups is 4. The minimum Gasteiger partial charge on any atom is -0.455 e. The van der Waals surface area contributed by atoms with Crippen LogP contribution in [0.4, 0.5) is 10.5 Å². The van der Waals surface area contributed by atoms with Gasteiger partial charge in [-0.1, -0.05) is 41.4 Å². The number of halogens is 2. The molecule has 0 spiro atoms. The van der Waals surface area contributed by atoms with Crippen LogP contribution in [0, 0.1) is 0 Å². The van der Waals surface area contributed by atoms with Crippen LogP contribution in [-0.4, -0.2) is 39.6 Å². The summed E-state index contributed by atoms with van der Waals surface area (Å²) in [5, 5.41) is 0.624. The van der Waals surface area contributed by atoms with Crippen molar-refractivity contribution in [3.05, 3.63) is 69.3 Å². The molecular weight excluding hydrogens is 543 g/mol. The van der Waals surface area contributed by atoms with Gasteiger partial charge in [-0.2, -0.15) is 0 Å². The molecule has 2 amide bonds. The van der Waals surface area contributed by atoms with E-state index in [0.717, 1.165) is 9.47 Å². The Labute approximate surface area is 236 Å². The molecule has 10 heteroatoms. The first-order valence-corrected chi connectivity index (χ1v) is 13.0. The van der Waals surface area contributed by atoms with Crippen molar-refractivity contribution in [3.8, 4) is 0 Å². The van der Waals surface area contributed by atoms with Gasteiger partial charge in [-0.3, -0.25) is 9.59 Å². The highest BCUT2D eigenvalue weighted by molar-refractivity contribution is 6.40. The molecule has 8 nitrogen and oxygen atoms in total. The van der Waals surface area contributed by atoms with Gasteiger partial charge in [0.25, 0.3) is 5.91 Å². The molecule has 2 aromatic carbocycles. The van der Waals surface area contributed by atoms with Crippen LogP contribution in [-0.2, 0) is 19.1 Å². The molecule has 0 radical (unpaired) electrons. The van der Waals surface area contributed by atoms with Crippen molar-refractivity contribution >= 4 is 69.7 Å². The van der Waals surface area contributed by atoms with Crippen LogP contribution in [0.15, 0.2) is 48.0 Å². The van der Waals surface area contributed by atoms with Gasteiger partial charge in [0.05, 0.1) is 22.6 Å². The van der Waals surface area contributed by atoms with E-state index in [4.69, 9.17) is 32.7 Å². The van der Waals surface area contributed by atoms with Gasteiger partial charge in [0, 0.05) is 21.5 Å². The molecule has 0 N–H and O–H groups in total. The molecule has 0 atom stereocenters. The van der Waals surface area contributed by atoms with Crippen LogP contribution < -0.4 is 4.90 Å². The number of esters is 1. The number of nitrogens with zero attached hydrogens (tertiary/aromatic N) is 2. The number of anilines is 1. The van der Waals surface area contributed by atoms with E-state index in [1.54, 1.807) is 71.9 Å². The second kappa shape index (κ2) is 10.2. The second-order valence-electron chi connectivity index (χ2n) is 11.1. The summed E-state index contributed by atoms with van der Waals surface area (Å²) in [4.78, 5) is 54.5. The molecule has 1 aliphatic heterocycles. The fraction of sp³-hybridized carbons (Fsp3) is 0.310. The average Bonchev–Trinajstić information content (AvgIpc) is 3.25. The van der Waals surface area contributed by atoms with E-state index in [9.17, 15) is 19.2 Å². The minimum absolute atomic E-state index is 0.114. The van der Waals surface area contributed by atoms with Crippen molar-refractivity contribution in [2.24, 2.45) is 0 Å². The van der Waals surface area contributed by atoms with Crippen LogP contribution in [0.3, 0.4) is 0 Å². The maximum absolute atomic E-state index is 13.6. The number of fused-ring (bicyclic) bond motifs is 1. The number of hydrogen-bond acceptors (Lipinski definition) is 6. The van der Waals surface area contributed by atoms with Crippen molar-refractivity contribution in [1.82, 2.24) is 4.57 Å². The Morgan fingerprint density at radius 3 is 2.13 bits per heavy atom. The molecule has 1 aromatic heterocycles. The highest BCUT2D eigenvalue weighted by atomic mass is 35.5. The average molecular weight is 571 g/mol. The Bertz CT molecular complexity index is 1540. The highest BCUT2D eigenvalue weighted by Gasteiger charge is 2.37. The fourth-order valence-electron chi connectivity index (χ4n) is 4.23. The Hall–Kier alpha value is -3.62. The van der Waals surface area contributed by atoms with Gasteiger partial charge in [-0.15, -0.1) is 0 Å². The summed E-state index contributed by atoms with van der Waals surface area (Å²) in [6.07, 6.45) is 0.327. The summed E-state index contributed by atoms with van der Waals surface area (Å²) in [5.74, 6) is -1.83. The molecule has 0 saturated carbocycles. The zero-order valence-corrected chi connectivity index (χ0v) is 23.9. The van der Waals surface area contributed by atoms with E-state index in [2.05, 4.69) is 0 Å². The molecule has 0 bridgehead atoms. The van der Waals surface area contributed by atoms with E-state index in [0.29, 0.717) is 5.69 Å². The third-order valence-corrected chi connectivity index (χ3v) is 6.11. The fourth-order valence-corrected chi connectivity index (χ4v) is 4.81. The molecule has 0 aliphatic carbocycles. The molecule has 1 aliphatic rings. The third kappa shape index (κ3) is 5.87. The SMILES string of the molecule is CC(C)(C)OC(=O)c1c(C=C2CC(=O)N(c3ccccc3)C2=O)c2c(Cl)cc(Cl)cc2n1C(=O)OC(C)(C)C. The van der Waals surface area contributed by atoms with E-state index >= 15 is 0 Å². The number of amides is 2. The number of carbonyl (C=O) groups excluding carboxylic acids is 4. The number of ether oxygens (including phenoxy) is 2. The summed E-state index contributed by atoms with van der Waals surface area (Å²) >= 11 is 12.9. The van der Waals surface area contributed by atoms with Crippen molar-refractivity contribution < 1.29 is 28.7 Å². The minimum atomic E-state index is -0.915. The lowest BCUT2D eigenvalue weighted by atomic mass is 10.1. The third-order valence-electron chi connectivity index (χ3n) is 5.59. The number of benzene rings is 2. The van der Waals surface area contributed by atoms with Crippen LogP contribution in [0.2, 0.25) is 10.0 Å². The number of hydrogen-bond donors (Lipinski definition) is 0. The largest absolute Gasteiger partial charge is 0.455 e. The Kier molecular flexibility index (Phi) is 7.40. The van der Waals surface area contributed by atoms with E-state index in [-0.39, 0.29) is 44.2 Å². The predicted molar refractivity (Wildman–Crippen MR) is 150 cm³/mol. The molecule has 4 rings (SSSR count). The summed E-state index contributed by atoms with van der Waals surface area (Å²) in [6, 6.07) is 11.4. The smallest absolute Gasteiger partial charge is 0.419 e. The monoisotopic (exact) mass is 570 g/mol. The summed E-state index contributed by atoms with van der Waals surface area (Å²) < 4.78 is 12.3. The van der Waals surface area contributed by atoms with E-state index in [1.165, 1.54) is 18.2 Å². The van der Waals surface area contributed by atoms with Crippen molar-refractivity contribution in [2.45, 2.75) is 59.2 Å². The lowest BCUT2D eigenvalue weighted by molar-refractivity contribution is -0.120. The second-order valence-corrected chi connectivity index (χ2v) is 11.9. The molecule has 1 fully saturated rings. The summed E-state index contributed by atoms with van der Waals surface area (Å²) in [5.41, 5.74) is -1.16. The number of rotatable bonds is 3. The van der Waals surface area contributed by atoms with Gasteiger partial charge >= 0.3 is 12.1 Å². The van der Waals surface area contributed by atoms with Crippen LogP contribution >= 0.6 is 23.2 Å². The van der Waals surface area contributed by atoms with Crippen LogP contribution in [0.1, 0.15) is 64.0 Å². The van der Waals surface area contributed by atoms with Gasteiger partial charge in [0.15, 0.2) is 0 Å². The molecular formula is C29H28Cl2N2O6. The van der Waals surface area contributed by atoms with Crippen molar-refractivity contribution in [1.29, 1.82) is 0 Å². The normalized spacial score (nSPS) is 15.4. The van der Waals surface area contributed by atoms with Gasteiger partial charge in [0.2, 0.25) is 5.91 Å². The lowest BCUT2D eigenvalue weighted by Gasteiger charge is -2.23. The molecule has 3 aromatic rings. The number of imide groups is 1. The first-order valence-electron chi connectivity index (χ1n) is 12.2. The Morgan fingerprint density at radius 2 is 1.54 bits per heavy atom. The maximum Gasteiger partial charge on any atom is 0.419 e. The van der Waals surface area contributed by atoms with E-state index < -0.39 is 35.1 Å². The first kappa shape index (κ1) is 28.4. The van der Waals surface area contributed by atoms with Gasteiger partial charge < -0.3 is 9.47 Å². The van der Waals surface area contributed by atoms with Crippen LogP contribution in [0.5, 0.6) is 0 Å². The quantitative estimate of drug-likeness (QED) is 0.190.